The SMILES string of the molecule is CC(NC(=O)c1csc(COc2ccccc2F)n1)c1ccccc1. The normalized spacial score (nSPS) is 11.8. The predicted octanol–water partition coefficient (Wildman–Crippen LogP) is 4.35. The van der Waals surface area contributed by atoms with Gasteiger partial charge in [-0.2, -0.15) is 0 Å². The van der Waals surface area contributed by atoms with Gasteiger partial charge in [0, 0.05) is 5.38 Å². The van der Waals surface area contributed by atoms with Crippen LogP contribution in [-0.2, 0) is 6.61 Å². The van der Waals surface area contributed by atoms with Crippen LogP contribution in [0.3, 0.4) is 0 Å². The zero-order valence-electron chi connectivity index (χ0n) is 13.6. The summed E-state index contributed by atoms with van der Waals surface area (Å²) in [4.78, 5) is 16.6. The maximum Gasteiger partial charge on any atom is 0.271 e. The number of carbonyl (C=O) groups excluding carboxylic acids is 1. The van der Waals surface area contributed by atoms with Crippen LogP contribution in [0.2, 0.25) is 0 Å². The number of para-hydroxylation sites is 1. The zero-order chi connectivity index (χ0) is 17.6. The Labute approximate surface area is 149 Å². The molecular weight excluding hydrogens is 339 g/mol. The number of nitrogens with zero attached hydrogens (tertiary/aromatic N) is 1. The summed E-state index contributed by atoms with van der Waals surface area (Å²) in [7, 11) is 0. The molecule has 0 radical (unpaired) electrons. The van der Waals surface area contributed by atoms with Crippen LogP contribution < -0.4 is 10.1 Å². The molecule has 1 aromatic heterocycles. The van der Waals surface area contributed by atoms with Crippen molar-refractivity contribution in [3.63, 3.8) is 0 Å². The van der Waals surface area contributed by atoms with E-state index in [1.54, 1.807) is 23.6 Å². The van der Waals surface area contributed by atoms with Crippen LogP contribution in [0.25, 0.3) is 0 Å². The van der Waals surface area contributed by atoms with Crippen molar-refractivity contribution in [2.75, 3.05) is 0 Å². The second-order valence-electron chi connectivity index (χ2n) is 5.45. The Morgan fingerprint density at radius 1 is 1.20 bits per heavy atom. The van der Waals surface area contributed by atoms with Crippen molar-refractivity contribution in [2.45, 2.75) is 19.6 Å². The molecule has 0 aliphatic rings. The molecule has 0 saturated heterocycles. The van der Waals surface area contributed by atoms with Crippen LogP contribution in [0.5, 0.6) is 5.75 Å². The molecule has 4 nitrogen and oxygen atoms in total. The number of halogens is 1. The Morgan fingerprint density at radius 3 is 2.68 bits per heavy atom. The van der Waals surface area contributed by atoms with E-state index in [0.29, 0.717) is 10.7 Å². The van der Waals surface area contributed by atoms with Gasteiger partial charge in [0.25, 0.3) is 5.91 Å². The highest BCUT2D eigenvalue weighted by Crippen LogP contribution is 2.19. The van der Waals surface area contributed by atoms with Gasteiger partial charge in [0.15, 0.2) is 11.6 Å². The molecule has 1 unspecified atom stereocenters. The molecule has 0 spiro atoms. The van der Waals surface area contributed by atoms with Crippen molar-refractivity contribution >= 4 is 17.2 Å². The van der Waals surface area contributed by atoms with Gasteiger partial charge in [-0.25, -0.2) is 9.37 Å². The van der Waals surface area contributed by atoms with Crippen LogP contribution in [0.1, 0.15) is 34.0 Å². The Hall–Kier alpha value is -2.73. The summed E-state index contributed by atoms with van der Waals surface area (Å²) in [6.07, 6.45) is 0. The Bertz CT molecular complexity index is 851. The van der Waals surface area contributed by atoms with Crippen LogP contribution in [0.4, 0.5) is 4.39 Å². The largest absolute Gasteiger partial charge is 0.483 e. The predicted molar refractivity (Wildman–Crippen MR) is 95.2 cm³/mol. The molecule has 1 atom stereocenters. The van der Waals surface area contributed by atoms with E-state index in [2.05, 4.69) is 10.3 Å². The van der Waals surface area contributed by atoms with Gasteiger partial charge in [-0.3, -0.25) is 4.79 Å². The number of nitrogens with one attached hydrogen (secondary N) is 1. The summed E-state index contributed by atoms with van der Waals surface area (Å²) in [6, 6.07) is 15.8. The molecule has 0 fully saturated rings. The van der Waals surface area contributed by atoms with E-state index in [-0.39, 0.29) is 24.3 Å². The fourth-order valence-corrected chi connectivity index (χ4v) is 2.96. The molecule has 3 aromatic rings. The third-order valence-electron chi connectivity index (χ3n) is 3.62. The average Bonchev–Trinajstić information content (AvgIpc) is 3.11. The van der Waals surface area contributed by atoms with Crippen molar-refractivity contribution in [1.82, 2.24) is 10.3 Å². The Kier molecular flexibility index (Phi) is 5.40. The summed E-state index contributed by atoms with van der Waals surface area (Å²) in [6.45, 7) is 2.04. The highest BCUT2D eigenvalue weighted by Gasteiger charge is 2.15. The molecular formula is C19H17FN2O2S. The van der Waals surface area contributed by atoms with Crippen LogP contribution in [0, 0.1) is 5.82 Å². The van der Waals surface area contributed by atoms with Gasteiger partial charge in [-0.1, -0.05) is 42.5 Å². The number of thiazole rings is 1. The number of amides is 1. The highest BCUT2D eigenvalue weighted by molar-refractivity contribution is 7.09. The van der Waals surface area contributed by atoms with Crippen molar-refractivity contribution < 1.29 is 13.9 Å². The molecule has 3 rings (SSSR count). The van der Waals surface area contributed by atoms with Gasteiger partial charge < -0.3 is 10.1 Å². The van der Waals surface area contributed by atoms with Gasteiger partial charge in [-0.15, -0.1) is 11.3 Å². The standard InChI is InChI=1S/C19H17FN2O2S/c1-13(14-7-3-2-4-8-14)21-19(23)16-12-25-18(22-16)11-24-17-10-6-5-9-15(17)20/h2-10,12-13H,11H2,1H3,(H,21,23). The molecule has 0 aliphatic carbocycles. The topological polar surface area (TPSA) is 51.2 Å². The van der Waals surface area contributed by atoms with Crippen LogP contribution >= 0.6 is 11.3 Å². The molecule has 0 aliphatic heterocycles. The lowest BCUT2D eigenvalue weighted by Crippen LogP contribution is -2.26. The number of hydrogen-bond acceptors (Lipinski definition) is 4. The van der Waals surface area contributed by atoms with E-state index < -0.39 is 5.82 Å². The van der Waals surface area contributed by atoms with Crippen molar-refractivity contribution in [2.24, 2.45) is 0 Å². The lowest BCUT2D eigenvalue weighted by Gasteiger charge is -2.13. The molecule has 2 aromatic carbocycles. The van der Waals surface area contributed by atoms with Crippen LogP contribution in [-0.4, -0.2) is 10.9 Å². The van der Waals surface area contributed by atoms with E-state index in [4.69, 9.17) is 4.74 Å². The molecule has 128 valence electrons. The summed E-state index contributed by atoms with van der Waals surface area (Å²) in [5, 5.41) is 5.20. The molecule has 0 bridgehead atoms. The van der Waals surface area contributed by atoms with Crippen LogP contribution in [0.15, 0.2) is 60.0 Å². The smallest absolute Gasteiger partial charge is 0.271 e. The number of benzene rings is 2. The van der Waals surface area contributed by atoms with E-state index in [0.717, 1.165) is 5.56 Å². The summed E-state index contributed by atoms with van der Waals surface area (Å²) >= 11 is 1.31. The number of rotatable bonds is 6. The minimum atomic E-state index is -0.422. The summed E-state index contributed by atoms with van der Waals surface area (Å²) in [5.74, 6) is -0.500. The molecule has 25 heavy (non-hydrogen) atoms. The van der Waals surface area contributed by atoms with Gasteiger partial charge in [0.2, 0.25) is 0 Å². The third kappa shape index (κ3) is 4.42. The second-order valence-corrected chi connectivity index (χ2v) is 6.39. The monoisotopic (exact) mass is 356 g/mol. The Balaban J connectivity index is 1.59. The quantitative estimate of drug-likeness (QED) is 0.714. The minimum Gasteiger partial charge on any atom is -0.483 e. The number of aromatic nitrogens is 1. The van der Waals surface area contributed by atoms with Gasteiger partial charge in [0.1, 0.15) is 17.3 Å². The fraction of sp³-hybridized carbons (Fsp3) is 0.158. The van der Waals surface area contributed by atoms with Gasteiger partial charge in [0.05, 0.1) is 6.04 Å². The molecule has 1 amide bonds. The number of hydrogen-bond donors (Lipinski definition) is 1. The van der Waals surface area contributed by atoms with E-state index in [9.17, 15) is 9.18 Å². The average molecular weight is 356 g/mol. The minimum absolute atomic E-state index is 0.117. The highest BCUT2D eigenvalue weighted by atomic mass is 32.1. The van der Waals surface area contributed by atoms with Gasteiger partial charge in [-0.05, 0) is 24.6 Å². The van der Waals surface area contributed by atoms with Gasteiger partial charge >= 0.3 is 0 Å². The van der Waals surface area contributed by atoms with E-state index >= 15 is 0 Å². The van der Waals surface area contributed by atoms with E-state index in [1.807, 2.05) is 37.3 Å². The number of carbonyl (C=O) groups is 1. The first-order valence-corrected chi connectivity index (χ1v) is 8.69. The molecule has 0 saturated carbocycles. The van der Waals surface area contributed by atoms with E-state index in [1.165, 1.54) is 17.4 Å². The first-order chi connectivity index (χ1) is 12.1. The van der Waals surface area contributed by atoms with Crippen molar-refractivity contribution in [1.29, 1.82) is 0 Å². The number of ether oxygens (including phenoxy) is 1. The lowest BCUT2D eigenvalue weighted by atomic mass is 10.1. The first kappa shape index (κ1) is 17.1. The summed E-state index contributed by atoms with van der Waals surface area (Å²) in [5.41, 5.74) is 1.36. The maximum atomic E-state index is 13.5. The second kappa shape index (κ2) is 7.90. The lowest BCUT2D eigenvalue weighted by molar-refractivity contribution is 0.0935. The zero-order valence-corrected chi connectivity index (χ0v) is 14.4. The fourth-order valence-electron chi connectivity index (χ4n) is 2.28. The van der Waals surface area contributed by atoms with Crippen molar-refractivity contribution in [3.05, 3.63) is 82.1 Å². The first-order valence-electron chi connectivity index (χ1n) is 7.81. The summed E-state index contributed by atoms with van der Waals surface area (Å²) < 4.78 is 18.9. The molecule has 1 heterocycles. The third-order valence-corrected chi connectivity index (χ3v) is 4.44. The Morgan fingerprint density at radius 2 is 1.92 bits per heavy atom. The van der Waals surface area contributed by atoms with Crippen molar-refractivity contribution in [3.8, 4) is 5.75 Å². The molecule has 1 N–H and O–H groups in total. The molecule has 6 heteroatoms. The maximum absolute atomic E-state index is 13.5.